The Morgan fingerprint density at radius 2 is 1.10 bits per heavy atom. The Kier molecular flexibility index (Phi) is 8.04. The third kappa shape index (κ3) is 5.70. The molecule has 8 heteroatoms. The molecule has 3 rings (SSSR count). The summed E-state index contributed by atoms with van der Waals surface area (Å²) >= 11 is 0. The highest BCUT2D eigenvalue weighted by atomic mass is 16.5. The number of allylic oxidation sites excluding steroid dienone is 2. The molecule has 2 fully saturated rings. The zero-order valence-corrected chi connectivity index (χ0v) is 17.3. The van der Waals surface area contributed by atoms with Crippen LogP contribution in [0.1, 0.15) is 51.4 Å². The summed E-state index contributed by atoms with van der Waals surface area (Å²) in [6.45, 7) is 1.37. The van der Waals surface area contributed by atoms with Gasteiger partial charge in [0.2, 0.25) is 11.8 Å². The van der Waals surface area contributed by atoms with Crippen LogP contribution < -0.4 is 0 Å². The van der Waals surface area contributed by atoms with Gasteiger partial charge in [-0.05, 0) is 38.5 Å². The maximum Gasteiger partial charge on any atom is 0.329 e. The van der Waals surface area contributed by atoms with Crippen molar-refractivity contribution in [1.29, 1.82) is 0 Å². The molecule has 2 amide bonds. The van der Waals surface area contributed by atoms with Gasteiger partial charge >= 0.3 is 11.9 Å². The summed E-state index contributed by atoms with van der Waals surface area (Å²) in [7, 11) is 0. The molecule has 0 aliphatic carbocycles. The summed E-state index contributed by atoms with van der Waals surface area (Å²) in [6, 6.07) is -1.04. The van der Waals surface area contributed by atoms with E-state index in [1.807, 2.05) is 0 Å². The third-order valence-corrected chi connectivity index (χ3v) is 5.72. The fourth-order valence-corrected chi connectivity index (χ4v) is 4.15. The number of carbonyl (C=O) groups excluding carboxylic acids is 4. The van der Waals surface area contributed by atoms with Gasteiger partial charge in [-0.3, -0.25) is 9.59 Å². The summed E-state index contributed by atoms with van der Waals surface area (Å²) in [6.07, 6.45) is 11.4. The fourth-order valence-electron chi connectivity index (χ4n) is 4.15. The molecule has 2 unspecified atom stereocenters. The molecular formula is C22H30N2O6. The minimum atomic E-state index is -0.518. The maximum atomic E-state index is 12.5. The van der Waals surface area contributed by atoms with E-state index in [-0.39, 0.29) is 37.0 Å². The van der Waals surface area contributed by atoms with Crippen molar-refractivity contribution in [3.8, 4) is 0 Å². The Labute approximate surface area is 176 Å². The number of cyclic esters (lactones) is 2. The second-order valence-corrected chi connectivity index (χ2v) is 7.77. The Morgan fingerprint density at radius 3 is 1.53 bits per heavy atom. The topological polar surface area (TPSA) is 93.2 Å². The molecule has 0 N–H and O–H groups in total. The first-order chi connectivity index (χ1) is 14.6. The molecule has 0 aromatic rings. The lowest BCUT2D eigenvalue weighted by molar-refractivity contribution is -0.152. The van der Waals surface area contributed by atoms with Crippen LogP contribution >= 0.6 is 0 Å². The van der Waals surface area contributed by atoms with Crippen LogP contribution in [0.3, 0.4) is 0 Å². The predicted molar refractivity (Wildman–Crippen MR) is 108 cm³/mol. The van der Waals surface area contributed by atoms with Crippen molar-refractivity contribution >= 4 is 23.8 Å². The van der Waals surface area contributed by atoms with Gasteiger partial charge in [-0.1, -0.05) is 24.3 Å². The summed E-state index contributed by atoms with van der Waals surface area (Å²) in [5.41, 5.74) is 0. The van der Waals surface area contributed by atoms with E-state index in [9.17, 15) is 19.2 Å². The minimum absolute atomic E-state index is 0.0684. The molecule has 2 atom stereocenters. The minimum Gasteiger partial charge on any atom is -0.460 e. The smallest absolute Gasteiger partial charge is 0.329 e. The maximum absolute atomic E-state index is 12.5. The largest absolute Gasteiger partial charge is 0.460 e. The van der Waals surface area contributed by atoms with E-state index in [4.69, 9.17) is 9.47 Å². The molecular weight excluding hydrogens is 388 g/mol. The first kappa shape index (κ1) is 22.1. The van der Waals surface area contributed by atoms with Crippen molar-refractivity contribution in [2.75, 3.05) is 26.3 Å². The standard InChI is InChI=1S/C22H30N2O6/c25-19-11-3-1-5-15-29-21(27)17-9-8-14-24(17)20(26)12-4-2-6-16-30-22(28)18-10-7-13-23(18)19/h1-2,5-6,17-18H,3-4,7-16H2/b5-1-,6-2-. The second-order valence-electron chi connectivity index (χ2n) is 7.77. The van der Waals surface area contributed by atoms with Crippen LogP contribution in [0.25, 0.3) is 0 Å². The third-order valence-electron chi connectivity index (χ3n) is 5.72. The Hall–Kier alpha value is -2.64. The van der Waals surface area contributed by atoms with Gasteiger partial charge in [-0.15, -0.1) is 0 Å². The fraction of sp³-hybridized carbons (Fsp3) is 0.636. The summed E-state index contributed by atoms with van der Waals surface area (Å²) in [5, 5.41) is 0. The molecule has 2 saturated heterocycles. The van der Waals surface area contributed by atoms with Crippen LogP contribution in [-0.4, -0.2) is 71.9 Å². The molecule has 0 saturated carbocycles. The van der Waals surface area contributed by atoms with Gasteiger partial charge < -0.3 is 19.3 Å². The zero-order valence-electron chi connectivity index (χ0n) is 17.3. The predicted octanol–water partition coefficient (Wildman–Crippen LogP) is 1.74. The molecule has 30 heavy (non-hydrogen) atoms. The number of ether oxygens (including phenoxy) is 2. The molecule has 3 aliphatic rings. The summed E-state index contributed by atoms with van der Waals surface area (Å²) < 4.78 is 10.6. The van der Waals surface area contributed by atoms with E-state index in [0.717, 1.165) is 12.8 Å². The van der Waals surface area contributed by atoms with Crippen LogP contribution in [0.15, 0.2) is 24.3 Å². The SMILES string of the molecule is O=C1OC/C=C\CCC(=O)N2CCCC2C(=O)OC/C=C\CCC(=O)N2CCCC12. The number of nitrogens with zero attached hydrogens (tertiary/aromatic N) is 2. The van der Waals surface area contributed by atoms with Gasteiger partial charge in [-0.2, -0.15) is 0 Å². The molecule has 0 bridgehead atoms. The molecule has 164 valence electrons. The van der Waals surface area contributed by atoms with E-state index in [2.05, 4.69) is 0 Å². The van der Waals surface area contributed by atoms with Gasteiger partial charge in [0.25, 0.3) is 0 Å². The molecule has 0 aromatic heterocycles. The summed E-state index contributed by atoms with van der Waals surface area (Å²) in [5.74, 6) is -0.890. The first-order valence-corrected chi connectivity index (χ1v) is 10.8. The Balaban J connectivity index is 1.63. The van der Waals surface area contributed by atoms with Crippen molar-refractivity contribution in [3.05, 3.63) is 24.3 Å². The molecule has 0 spiro atoms. The van der Waals surface area contributed by atoms with Crippen LogP contribution in [0.2, 0.25) is 0 Å². The number of amides is 2. The van der Waals surface area contributed by atoms with Crippen LogP contribution in [0.4, 0.5) is 0 Å². The lowest BCUT2D eigenvalue weighted by Gasteiger charge is -2.23. The first-order valence-electron chi connectivity index (χ1n) is 10.8. The number of fused-ring (bicyclic) bond motifs is 2. The lowest BCUT2D eigenvalue weighted by Crippen LogP contribution is -2.41. The highest BCUT2D eigenvalue weighted by Gasteiger charge is 2.35. The van der Waals surface area contributed by atoms with Crippen molar-refractivity contribution in [2.45, 2.75) is 63.5 Å². The number of hydrogen-bond acceptors (Lipinski definition) is 6. The number of rotatable bonds is 0. The van der Waals surface area contributed by atoms with Crippen LogP contribution in [0, 0.1) is 0 Å². The summed E-state index contributed by atoms with van der Waals surface area (Å²) in [4.78, 5) is 52.9. The van der Waals surface area contributed by atoms with Crippen LogP contribution in [0.5, 0.6) is 0 Å². The van der Waals surface area contributed by atoms with Gasteiger partial charge in [-0.25, -0.2) is 9.59 Å². The molecule has 0 aromatic carbocycles. The lowest BCUT2D eigenvalue weighted by atomic mass is 10.2. The van der Waals surface area contributed by atoms with E-state index in [0.29, 0.717) is 51.6 Å². The van der Waals surface area contributed by atoms with Gasteiger partial charge in [0.1, 0.15) is 25.3 Å². The highest BCUT2D eigenvalue weighted by molar-refractivity contribution is 5.86. The number of hydrogen-bond donors (Lipinski definition) is 0. The second kappa shape index (κ2) is 10.9. The van der Waals surface area contributed by atoms with E-state index < -0.39 is 12.1 Å². The molecule has 0 radical (unpaired) electrons. The zero-order chi connectivity index (χ0) is 21.3. The van der Waals surface area contributed by atoms with Gasteiger partial charge in [0.05, 0.1) is 0 Å². The quantitative estimate of drug-likeness (QED) is 0.439. The molecule has 3 aliphatic heterocycles. The normalized spacial score (nSPS) is 29.6. The monoisotopic (exact) mass is 418 g/mol. The highest BCUT2D eigenvalue weighted by Crippen LogP contribution is 2.21. The van der Waals surface area contributed by atoms with Crippen molar-refractivity contribution in [2.24, 2.45) is 0 Å². The van der Waals surface area contributed by atoms with Gasteiger partial charge in [0, 0.05) is 25.9 Å². The molecule has 8 nitrogen and oxygen atoms in total. The van der Waals surface area contributed by atoms with Gasteiger partial charge in [0.15, 0.2) is 0 Å². The van der Waals surface area contributed by atoms with Crippen molar-refractivity contribution < 1.29 is 28.7 Å². The van der Waals surface area contributed by atoms with E-state index in [1.54, 1.807) is 34.1 Å². The number of carbonyl (C=O) groups is 4. The van der Waals surface area contributed by atoms with Crippen LogP contribution in [-0.2, 0) is 28.7 Å². The average molecular weight is 418 g/mol. The molecule has 3 heterocycles. The van der Waals surface area contributed by atoms with E-state index in [1.165, 1.54) is 0 Å². The van der Waals surface area contributed by atoms with Crippen molar-refractivity contribution in [1.82, 2.24) is 9.80 Å². The van der Waals surface area contributed by atoms with Crippen molar-refractivity contribution in [3.63, 3.8) is 0 Å². The average Bonchev–Trinajstić information content (AvgIpc) is 3.41. The van der Waals surface area contributed by atoms with E-state index >= 15 is 0 Å². The number of esters is 2. The Morgan fingerprint density at radius 1 is 0.667 bits per heavy atom. The Bertz CT molecular complexity index is 600.